The smallest absolute Gasteiger partial charge is 0.339 e. The minimum atomic E-state index is -0.996. The van der Waals surface area contributed by atoms with Crippen LogP contribution < -0.4 is 4.90 Å². The largest absolute Gasteiger partial charge is 0.451 e. The van der Waals surface area contributed by atoms with Gasteiger partial charge in [0.2, 0.25) is 17.6 Å². The first-order valence-corrected chi connectivity index (χ1v) is 16.1. The van der Waals surface area contributed by atoms with Gasteiger partial charge in [-0.1, -0.05) is 77.0 Å². The molecule has 1 aromatic heterocycles. The van der Waals surface area contributed by atoms with E-state index in [1.165, 1.54) is 4.90 Å². The summed E-state index contributed by atoms with van der Waals surface area (Å²) in [6.07, 6.45) is 4.73. The third-order valence-electron chi connectivity index (χ3n) is 9.44. The van der Waals surface area contributed by atoms with Crippen molar-refractivity contribution in [1.29, 1.82) is 0 Å². The van der Waals surface area contributed by atoms with E-state index in [1.54, 1.807) is 37.3 Å². The summed E-state index contributed by atoms with van der Waals surface area (Å²) in [5, 5.41) is 0.615. The first-order chi connectivity index (χ1) is 21.6. The summed E-state index contributed by atoms with van der Waals surface area (Å²) in [7, 11) is 0. The lowest BCUT2D eigenvalue weighted by molar-refractivity contribution is -0.123. The standard InChI is InChI=1S/C37H31BrN2O5/c1-4-21-16-26(38)17-28-29(37(44)45-20(3)34(41)23-7-5-19(2)6-8-23)18-30(39-33(21)28)22-11-13-27(14-12-22)40-35(42)31-24-9-10-25(15-24)32(31)36(40)43/h5-14,16-18,20,24-25,31-32H,4,15H2,1-3H3. The molecular weight excluding hydrogens is 632 g/mol. The fourth-order valence-corrected chi connectivity index (χ4v) is 7.62. The molecule has 226 valence electrons. The Hall–Kier alpha value is -4.43. The van der Waals surface area contributed by atoms with E-state index in [2.05, 4.69) is 28.1 Å². The van der Waals surface area contributed by atoms with E-state index in [-0.39, 0.29) is 41.3 Å². The molecule has 8 heteroatoms. The van der Waals surface area contributed by atoms with E-state index in [1.807, 2.05) is 50.2 Å². The van der Waals surface area contributed by atoms with Crippen molar-refractivity contribution in [2.24, 2.45) is 23.7 Å². The normalized spacial score (nSPS) is 22.3. The van der Waals surface area contributed by atoms with Gasteiger partial charge in [0.15, 0.2) is 6.10 Å². The molecule has 7 nitrogen and oxygen atoms in total. The van der Waals surface area contributed by atoms with E-state index >= 15 is 0 Å². The van der Waals surface area contributed by atoms with E-state index in [4.69, 9.17) is 9.72 Å². The first kappa shape index (κ1) is 29.3. The highest BCUT2D eigenvalue weighted by atomic mass is 79.9. The number of aryl methyl sites for hydroxylation is 2. The highest BCUT2D eigenvalue weighted by molar-refractivity contribution is 9.10. The van der Waals surface area contributed by atoms with Crippen LogP contribution in [0.4, 0.5) is 5.69 Å². The van der Waals surface area contributed by atoms with Crippen molar-refractivity contribution in [3.63, 3.8) is 0 Å². The van der Waals surface area contributed by atoms with Gasteiger partial charge in [0.05, 0.1) is 34.3 Å². The quantitative estimate of drug-likeness (QED) is 0.0894. The molecule has 3 aromatic carbocycles. The predicted octanol–water partition coefficient (Wildman–Crippen LogP) is 7.27. The zero-order chi connectivity index (χ0) is 31.6. The average Bonchev–Trinajstić information content (AvgIpc) is 3.73. The summed E-state index contributed by atoms with van der Waals surface area (Å²) in [6.45, 7) is 5.54. The number of nitrogens with zero attached hydrogens (tertiary/aromatic N) is 2. The molecule has 2 bridgehead atoms. The van der Waals surface area contributed by atoms with Crippen molar-refractivity contribution in [3.05, 3.63) is 106 Å². The number of aromatic nitrogens is 1. The van der Waals surface area contributed by atoms with Crippen LogP contribution in [0.2, 0.25) is 0 Å². The van der Waals surface area contributed by atoms with Crippen molar-refractivity contribution in [2.45, 2.75) is 39.7 Å². The van der Waals surface area contributed by atoms with Gasteiger partial charge < -0.3 is 4.74 Å². The molecule has 2 aliphatic carbocycles. The summed E-state index contributed by atoms with van der Waals surface area (Å²) in [6, 6.07) is 19.8. The molecule has 0 N–H and O–H groups in total. The zero-order valence-electron chi connectivity index (χ0n) is 25.1. The fourth-order valence-electron chi connectivity index (χ4n) is 7.11. The summed E-state index contributed by atoms with van der Waals surface area (Å²) in [5.74, 6) is -1.42. The number of ketones is 1. The van der Waals surface area contributed by atoms with Crippen LogP contribution >= 0.6 is 15.9 Å². The van der Waals surface area contributed by atoms with Gasteiger partial charge in [0, 0.05) is 21.0 Å². The third-order valence-corrected chi connectivity index (χ3v) is 9.90. The molecule has 7 rings (SSSR count). The maximum atomic E-state index is 13.7. The van der Waals surface area contributed by atoms with Gasteiger partial charge in [-0.15, -0.1) is 0 Å². The van der Waals surface area contributed by atoms with Crippen LogP contribution in [0.5, 0.6) is 0 Å². The highest BCUT2D eigenvalue weighted by Crippen LogP contribution is 2.53. The lowest BCUT2D eigenvalue weighted by Gasteiger charge is -2.18. The van der Waals surface area contributed by atoms with Crippen molar-refractivity contribution in [3.8, 4) is 11.3 Å². The number of amides is 2. The number of benzene rings is 3. The Morgan fingerprint density at radius 3 is 2.22 bits per heavy atom. The van der Waals surface area contributed by atoms with Gasteiger partial charge in [-0.25, -0.2) is 9.78 Å². The van der Waals surface area contributed by atoms with Crippen LogP contribution in [0.25, 0.3) is 22.2 Å². The lowest BCUT2D eigenvalue weighted by Crippen LogP contribution is -2.32. The monoisotopic (exact) mass is 662 g/mol. The Morgan fingerprint density at radius 1 is 0.956 bits per heavy atom. The molecule has 0 radical (unpaired) electrons. The first-order valence-electron chi connectivity index (χ1n) is 15.3. The molecule has 2 amide bonds. The number of imide groups is 1. The molecule has 0 spiro atoms. The van der Waals surface area contributed by atoms with Crippen LogP contribution in [0, 0.1) is 30.6 Å². The Kier molecular flexibility index (Phi) is 7.28. The second-order valence-corrected chi connectivity index (χ2v) is 13.1. The molecule has 1 aliphatic heterocycles. The average molecular weight is 664 g/mol. The van der Waals surface area contributed by atoms with Gasteiger partial charge in [0.25, 0.3) is 0 Å². The Balaban J connectivity index is 1.22. The Morgan fingerprint density at radius 2 is 1.60 bits per heavy atom. The number of pyridine rings is 1. The number of allylic oxidation sites excluding steroid dienone is 2. The van der Waals surface area contributed by atoms with Crippen LogP contribution in [0.1, 0.15) is 52.1 Å². The van der Waals surface area contributed by atoms with E-state index in [0.29, 0.717) is 45.4 Å². The molecule has 1 saturated heterocycles. The lowest BCUT2D eigenvalue weighted by atomic mass is 9.85. The van der Waals surface area contributed by atoms with Gasteiger partial charge in [-0.05, 0) is 74.4 Å². The molecule has 1 saturated carbocycles. The van der Waals surface area contributed by atoms with Gasteiger partial charge in [0.1, 0.15) is 0 Å². The summed E-state index contributed by atoms with van der Waals surface area (Å²) < 4.78 is 6.55. The van der Waals surface area contributed by atoms with Crippen LogP contribution in [-0.2, 0) is 20.7 Å². The highest BCUT2D eigenvalue weighted by Gasteiger charge is 2.59. The molecule has 5 unspecified atom stereocenters. The Labute approximate surface area is 269 Å². The number of carbonyl (C=O) groups is 4. The maximum Gasteiger partial charge on any atom is 0.339 e. The number of hydrogen-bond donors (Lipinski definition) is 0. The van der Waals surface area contributed by atoms with E-state index in [0.717, 1.165) is 22.0 Å². The number of anilines is 1. The number of hydrogen-bond acceptors (Lipinski definition) is 6. The zero-order valence-corrected chi connectivity index (χ0v) is 26.7. The maximum absolute atomic E-state index is 13.7. The summed E-state index contributed by atoms with van der Waals surface area (Å²) in [4.78, 5) is 59.7. The number of carbonyl (C=O) groups excluding carboxylic acids is 4. The number of Topliss-reactive ketones (excluding diaryl/α,β-unsaturated/α-hetero) is 1. The van der Waals surface area contributed by atoms with Crippen LogP contribution in [0.3, 0.4) is 0 Å². The van der Waals surface area contributed by atoms with Crippen molar-refractivity contribution < 1.29 is 23.9 Å². The SMILES string of the molecule is CCc1cc(Br)cc2c(C(=O)OC(C)C(=O)c3ccc(C)cc3)cc(-c3ccc(N4C(=O)C5C6C=CC(C6)C5C4=O)cc3)nc12. The number of esters is 1. The molecule has 2 fully saturated rings. The van der Waals surface area contributed by atoms with Crippen LogP contribution in [-0.4, -0.2) is 34.7 Å². The van der Waals surface area contributed by atoms with Gasteiger partial charge >= 0.3 is 5.97 Å². The van der Waals surface area contributed by atoms with E-state index < -0.39 is 12.1 Å². The number of fused-ring (bicyclic) bond motifs is 6. The van der Waals surface area contributed by atoms with Crippen molar-refractivity contribution in [1.82, 2.24) is 4.98 Å². The van der Waals surface area contributed by atoms with Crippen LogP contribution in [0.15, 0.2) is 83.4 Å². The van der Waals surface area contributed by atoms with Gasteiger partial charge in [-0.2, -0.15) is 0 Å². The van der Waals surface area contributed by atoms with Gasteiger partial charge in [-0.3, -0.25) is 19.3 Å². The molecule has 5 atom stereocenters. The minimum Gasteiger partial charge on any atom is -0.451 e. The second-order valence-electron chi connectivity index (χ2n) is 12.2. The van der Waals surface area contributed by atoms with Crippen molar-refractivity contribution in [2.75, 3.05) is 4.90 Å². The molecule has 45 heavy (non-hydrogen) atoms. The fraction of sp³-hybridized carbons (Fsp3) is 0.270. The number of halogens is 1. The third kappa shape index (κ3) is 4.92. The van der Waals surface area contributed by atoms with Crippen molar-refractivity contribution >= 4 is 56.1 Å². The molecule has 3 aliphatic rings. The second kappa shape index (κ2) is 11.2. The number of rotatable bonds is 7. The van der Waals surface area contributed by atoms with E-state index in [9.17, 15) is 19.2 Å². The summed E-state index contributed by atoms with van der Waals surface area (Å²) >= 11 is 3.56. The molecule has 2 heterocycles. The number of ether oxygens (including phenoxy) is 1. The minimum absolute atomic E-state index is 0.129. The topological polar surface area (TPSA) is 93.6 Å². The molecular formula is C37H31BrN2O5. The summed E-state index contributed by atoms with van der Waals surface area (Å²) in [5.41, 5.74) is 5.18. The molecule has 4 aromatic rings. The predicted molar refractivity (Wildman–Crippen MR) is 175 cm³/mol. The Bertz CT molecular complexity index is 1900.